The van der Waals surface area contributed by atoms with Gasteiger partial charge in [-0.05, 0) is 36.6 Å². The number of nitrogens with zero attached hydrogens (tertiary/aromatic N) is 3. The molecule has 4 rings (SSSR count). The Labute approximate surface area is 177 Å². The van der Waals surface area contributed by atoms with E-state index in [1.807, 2.05) is 49.4 Å². The Hall–Kier alpha value is -3.45. The molecule has 2 aromatic carbocycles. The molecule has 0 radical (unpaired) electrons. The Kier molecular flexibility index (Phi) is 5.37. The van der Waals surface area contributed by atoms with Gasteiger partial charge in [0.25, 0.3) is 5.56 Å². The van der Waals surface area contributed by atoms with Gasteiger partial charge in [-0.15, -0.1) is 0 Å². The van der Waals surface area contributed by atoms with Crippen LogP contribution in [0.1, 0.15) is 24.4 Å². The number of aromatic nitrogens is 3. The highest BCUT2D eigenvalue weighted by atomic mass is 35.5. The molecular formula is C22H19ClFN5O. The van der Waals surface area contributed by atoms with Gasteiger partial charge in [0.2, 0.25) is 5.95 Å². The number of fused-ring (bicyclic) bond motifs is 1. The lowest BCUT2D eigenvalue weighted by Crippen LogP contribution is -2.26. The molecule has 0 fully saturated rings. The highest BCUT2D eigenvalue weighted by Crippen LogP contribution is 2.27. The molecular weight excluding hydrogens is 405 g/mol. The lowest BCUT2D eigenvalue weighted by atomic mass is 10.1. The lowest BCUT2D eigenvalue weighted by molar-refractivity contribution is 0.476. The number of nitrogens with two attached hydrogens (primary N) is 1. The van der Waals surface area contributed by atoms with Crippen LogP contribution in [0, 0.1) is 0 Å². The van der Waals surface area contributed by atoms with E-state index in [0.29, 0.717) is 27.6 Å². The average Bonchev–Trinajstić information content (AvgIpc) is 2.73. The fraction of sp³-hybridized carbons (Fsp3) is 0.136. The predicted molar refractivity (Wildman–Crippen MR) is 118 cm³/mol. The molecule has 1 atom stereocenters. The van der Waals surface area contributed by atoms with E-state index in [2.05, 4.69) is 15.3 Å². The second kappa shape index (κ2) is 8.12. The monoisotopic (exact) mass is 423 g/mol. The maximum absolute atomic E-state index is 13.4. The highest BCUT2D eigenvalue weighted by molar-refractivity contribution is 6.35. The SMILES string of the molecule is C[C@H](Nc1cc(CF)nc(N)n1)c1cc2cccc(Cl)c2c(=O)n1-c1ccccc1. The Bertz CT molecular complexity index is 1280. The average molecular weight is 424 g/mol. The van der Waals surface area contributed by atoms with Gasteiger partial charge in [-0.3, -0.25) is 9.36 Å². The zero-order valence-corrected chi connectivity index (χ0v) is 16.9. The highest BCUT2D eigenvalue weighted by Gasteiger charge is 2.18. The second-order valence-electron chi connectivity index (χ2n) is 6.85. The number of hydrogen-bond donors (Lipinski definition) is 2. The molecule has 152 valence electrons. The van der Waals surface area contributed by atoms with Crippen molar-refractivity contribution in [3.05, 3.63) is 87.4 Å². The summed E-state index contributed by atoms with van der Waals surface area (Å²) < 4.78 is 14.7. The Morgan fingerprint density at radius 2 is 1.90 bits per heavy atom. The van der Waals surface area contributed by atoms with Crippen LogP contribution >= 0.6 is 11.6 Å². The molecule has 0 aliphatic heterocycles. The first-order valence-electron chi connectivity index (χ1n) is 9.33. The Morgan fingerprint density at radius 3 is 2.63 bits per heavy atom. The summed E-state index contributed by atoms with van der Waals surface area (Å²) in [5, 5.41) is 4.77. The van der Waals surface area contributed by atoms with Crippen LogP contribution in [-0.4, -0.2) is 14.5 Å². The standard InChI is InChI=1S/C22H19ClFN5O/c1-13(26-19-11-15(12-24)27-22(25)28-19)18-10-14-6-5-9-17(23)20(14)21(30)29(18)16-7-3-2-4-8-16/h2-11,13H,12H2,1H3,(H3,25,26,27,28)/t13-/m0/s1. The third-order valence-electron chi connectivity index (χ3n) is 4.78. The normalized spacial score (nSPS) is 12.1. The van der Waals surface area contributed by atoms with Crippen molar-refractivity contribution in [1.29, 1.82) is 0 Å². The van der Waals surface area contributed by atoms with Gasteiger partial charge >= 0.3 is 0 Å². The van der Waals surface area contributed by atoms with Crippen LogP contribution in [-0.2, 0) is 6.67 Å². The van der Waals surface area contributed by atoms with E-state index in [0.717, 1.165) is 5.39 Å². The molecule has 30 heavy (non-hydrogen) atoms. The van der Waals surface area contributed by atoms with Gasteiger partial charge in [0, 0.05) is 17.4 Å². The molecule has 4 aromatic rings. The van der Waals surface area contributed by atoms with Crippen molar-refractivity contribution < 1.29 is 4.39 Å². The molecule has 0 saturated carbocycles. The number of benzene rings is 2. The molecule has 6 nitrogen and oxygen atoms in total. The summed E-state index contributed by atoms with van der Waals surface area (Å²) in [6.07, 6.45) is 0. The van der Waals surface area contributed by atoms with E-state index in [4.69, 9.17) is 17.3 Å². The topological polar surface area (TPSA) is 85.8 Å². The van der Waals surface area contributed by atoms with Crippen LogP contribution in [0.4, 0.5) is 16.2 Å². The van der Waals surface area contributed by atoms with Gasteiger partial charge in [0.05, 0.1) is 22.1 Å². The molecule has 8 heteroatoms. The second-order valence-corrected chi connectivity index (χ2v) is 7.26. The molecule has 2 aromatic heterocycles. The zero-order valence-electron chi connectivity index (χ0n) is 16.1. The predicted octanol–water partition coefficient (Wildman–Crippen LogP) is 4.66. The fourth-order valence-electron chi connectivity index (χ4n) is 3.46. The van der Waals surface area contributed by atoms with Crippen molar-refractivity contribution in [3.8, 4) is 5.69 Å². The summed E-state index contributed by atoms with van der Waals surface area (Å²) in [5.41, 5.74) is 7.05. The maximum atomic E-state index is 13.4. The zero-order chi connectivity index (χ0) is 21.3. The number of anilines is 2. The van der Waals surface area contributed by atoms with Gasteiger partial charge in [-0.1, -0.05) is 41.9 Å². The van der Waals surface area contributed by atoms with Crippen molar-refractivity contribution in [2.75, 3.05) is 11.1 Å². The summed E-state index contributed by atoms with van der Waals surface area (Å²) in [6.45, 7) is 1.14. The van der Waals surface area contributed by atoms with E-state index in [1.54, 1.807) is 16.7 Å². The third-order valence-corrected chi connectivity index (χ3v) is 5.10. The number of nitrogen functional groups attached to an aromatic ring is 1. The minimum Gasteiger partial charge on any atom is -0.368 e. The summed E-state index contributed by atoms with van der Waals surface area (Å²) >= 11 is 6.34. The summed E-state index contributed by atoms with van der Waals surface area (Å²) in [5.74, 6) is 0.353. The minimum absolute atomic E-state index is 0.0226. The van der Waals surface area contributed by atoms with Crippen LogP contribution < -0.4 is 16.6 Å². The molecule has 0 amide bonds. The fourth-order valence-corrected chi connectivity index (χ4v) is 3.72. The number of hydrogen-bond acceptors (Lipinski definition) is 5. The molecule has 3 N–H and O–H groups in total. The smallest absolute Gasteiger partial charge is 0.264 e. The minimum atomic E-state index is -0.751. The Balaban J connectivity index is 1.89. The van der Waals surface area contributed by atoms with Gasteiger partial charge in [0.1, 0.15) is 12.5 Å². The molecule has 0 bridgehead atoms. The first-order valence-corrected chi connectivity index (χ1v) is 9.71. The number of para-hydroxylation sites is 1. The van der Waals surface area contributed by atoms with E-state index in [9.17, 15) is 9.18 Å². The van der Waals surface area contributed by atoms with Crippen LogP contribution in [0.5, 0.6) is 0 Å². The van der Waals surface area contributed by atoms with Crippen LogP contribution in [0.25, 0.3) is 16.5 Å². The third kappa shape index (κ3) is 3.71. The molecule has 0 aliphatic rings. The van der Waals surface area contributed by atoms with Crippen molar-refractivity contribution >= 4 is 34.1 Å². The summed E-state index contributed by atoms with van der Waals surface area (Å²) in [6, 6.07) is 17.7. The van der Waals surface area contributed by atoms with Gasteiger partial charge in [-0.25, -0.2) is 9.37 Å². The van der Waals surface area contributed by atoms with E-state index >= 15 is 0 Å². The quantitative estimate of drug-likeness (QED) is 0.487. The molecule has 0 saturated heterocycles. The van der Waals surface area contributed by atoms with Crippen LogP contribution in [0.15, 0.2) is 65.5 Å². The first kappa shape index (κ1) is 19.8. The number of nitrogens with one attached hydrogen (secondary N) is 1. The number of halogens is 2. The molecule has 0 spiro atoms. The van der Waals surface area contributed by atoms with E-state index in [1.165, 1.54) is 6.07 Å². The maximum Gasteiger partial charge on any atom is 0.264 e. The largest absolute Gasteiger partial charge is 0.368 e. The van der Waals surface area contributed by atoms with Crippen molar-refractivity contribution in [2.45, 2.75) is 19.6 Å². The van der Waals surface area contributed by atoms with Crippen LogP contribution in [0.2, 0.25) is 5.02 Å². The number of alkyl halides is 1. The van der Waals surface area contributed by atoms with E-state index < -0.39 is 6.67 Å². The van der Waals surface area contributed by atoms with Crippen molar-refractivity contribution in [1.82, 2.24) is 14.5 Å². The summed E-state index contributed by atoms with van der Waals surface area (Å²) in [7, 11) is 0. The van der Waals surface area contributed by atoms with E-state index in [-0.39, 0.29) is 23.2 Å². The summed E-state index contributed by atoms with van der Waals surface area (Å²) in [4.78, 5) is 21.4. The van der Waals surface area contributed by atoms with Gasteiger partial charge in [0.15, 0.2) is 0 Å². The van der Waals surface area contributed by atoms with Crippen molar-refractivity contribution in [2.24, 2.45) is 0 Å². The molecule has 2 heterocycles. The number of rotatable bonds is 5. The molecule has 0 unspecified atom stereocenters. The Morgan fingerprint density at radius 1 is 1.13 bits per heavy atom. The van der Waals surface area contributed by atoms with Crippen molar-refractivity contribution in [3.63, 3.8) is 0 Å². The van der Waals surface area contributed by atoms with Crippen LogP contribution in [0.3, 0.4) is 0 Å². The molecule has 0 aliphatic carbocycles. The lowest BCUT2D eigenvalue weighted by Gasteiger charge is -2.21. The first-order chi connectivity index (χ1) is 14.5. The number of pyridine rings is 1. The van der Waals surface area contributed by atoms with Gasteiger partial charge in [-0.2, -0.15) is 4.98 Å². The van der Waals surface area contributed by atoms with Gasteiger partial charge < -0.3 is 11.1 Å².